The minimum Gasteiger partial charge on any atom is -0.271 e. The number of benzene rings is 5. The van der Waals surface area contributed by atoms with Crippen LogP contribution in [0, 0.1) is 0 Å². The maximum absolute atomic E-state index is 13.6. The van der Waals surface area contributed by atoms with Crippen LogP contribution in [0.5, 0.6) is 0 Å². The normalized spacial score (nSPS) is 16.2. The summed E-state index contributed by atoms with van der Waals surface area (Å²) in [7, 11) is 0. The molecule has 0 radical (unpaired) electrons. The molecule has 1 heterocycles. The van der Waals surface area contributed by atoms with Gasteiger partial charge in [0.25, 0.3) is 11.8 Å². The van der Waals surface area contributed by atoms with Crippen LogP contribution in [-0.2, 0) is 0 Å². The van der Waals surface area contributed by atoms with E-state index in [4.69, 9.17) is 0 Å². The van der Waals surface area contributed by atoms with Crippen molar-refractivity contribution in [3.63, 3.8) is 0 Å². The van der Waals surface area contributed by atoms with Crippen molar-refractivity contribution in [1.82, 2.24) is 4.90 Å². The van der Waals surface area contributed by atoms with E-state index >= 15 is 0 Å². The van der Waals surface area contributed by atoms with Crippen molar-refractivity contribution in [3.05, 3.63) is 131 Å². The number of nitrogens with zero attached hydrogens (tertiary/aromatic N) is 1. The number of imide groups is 1. The largest absolute Gasteiger partial charge is 0.271 e. The standard InChI is InChI=1S/C38H29NO2/c40-37-33-16-8-15-32-27(21-22-34(36(32)33)38(41)39(37)26-9-2-1-3-10-26)25-19-17-24(18-20-25)23-35-30-13-6-4-11-28(30)29-12-5-7-14-31(29)35/h4-8,11-23,26H,1-3,9-10H2. The Morgan fingerprint density at radius 3 is 1.76 bits per heavy atom. The third-order valence-electron chi connectivity index (χ3n) is 9.14. The van der Waals surface area contributed by atoms with Gasteiger partial charge in [0.1, 0.15) is 0 Å². The van der Waals surface area contributed by atoms with Crippen molar-refractivity contribution in [2.75, 3.05) is 0 Å². The molecule has 0 bridgehead atoms. The molecule has 1 fully saturated rings. The molecule has 0 atom stereocenters. The lowest BCUT2D eigenvalue weighted by atomic mass is 9.86. The van der Waals surface area contributed by atoms with Gasteiger partial charge in [-0.3, -0.25) is 14.5 Å². The SMILES string of the molecule is O=C1c2cccc3c(-c4ccc(C=C5c6ccccc6-c6ccccc65)cc4)ccc(c23)C(=O)N1C1CCCCC1. The highest BCUT2D eigenvalue weighted by atomic mass is 16.2. The zero-order valence-electron chi connectivity index (χ0n) is 22.8. The number of rotatable bonds is 3. The van der Waals surface area contributed by atoms with E-state index in [2.05, 4.69) is 78.9 Å². The number of hydrogen-bond donors (Lipinski definition) is 0. The van der Waals surface area contributed by atoms with Gasteiger partial charge in [-0.25, -0.2) is 0 Å². The van der Waals surface area contributed by atoms with Gasteiger partial charge in [0, 0.05) is 22.6 Å². The molecule has 0 saturated heterocycles. The van der Waals surface area contributed by atoms with E-state index in [1.54, 1.807) is 4.90 Å². The summed E-state index contributed by atoms with van der Waals surface area (Å²) in [5.41, 5.74) is 10.8. The predicted octanol–water partition coefficient (Wildman–Crippen LogP) is 9.00. The Kier molecular flexibility index (Phi) is 5.53. The molecule has 1 aliphatic heterocycles. The summed E-state index contributed by atoms with van der Waals surface area (Å²) in [5, 5.41) is 1.74. The van der Waals surface area contributed by atoms with Crippen LogP contribution in [0.15, 0.2) is 103 Å². The summed E-state index contributed by atoms with van der Waals surface area (Å²) >= 11 is 0. The first-order valence-electron chi connectivity index (χ1n) is 14.6. The average Bonchev–Trinajstić information content (AvgIpc) is 3.34. The van der Waals surface area contributed by atoms with Crippen molar-refractivity contribution in [3.8, 4) is 22.3 Å². The predicted molar refractivity (Wildman–Crippen MR) is 166 cm³/mol. The topological polar surface area (TPSA) is 37.4 Å². The number of fused-ring (bicyclic) bond motifs is 3. The number of carbonyl (C=O) groups excluding carboxylic acids is 2. The molecule has 3 nitrogen and oxygen atoms in total. The van der Waals surface area contributed by atoms with Crippen LogP contribution in [0.2, 0.25) is 0 Å². The summed E-state index contributed by atoms with van der Waals surface area (Å²) in [6.45, 7) is 0. The molecule has 8 rings (SSSR count). The van der Waals surface area contributed by atoms with Gasteiger partial charge < -0.3 is 0 Å². The molecule has 2 amide bonds. The Morgan fingerprint density at radius 2 is 1.10 bits per heavy atom. The van der Waals surface area contributed by atoms with Crippen LogP contribution in [-0.4, -0.2) is 22.8 Å². The Morgan fingerprint density at radius 1 is 0.537 bits per heavy atom. The highest BCUT2D eigenvalue weighted by molar-refractivity contribution is 6.27. The molecular formula is C38H29NO2. The van der Waals surface area contributed by atoms with Gasteiger partial charge in [-0.05, 0) is 81.0 Å². The maximum Gasteiger partial charge on any atom is 0.261 e. The van der Waals surface area contributed by atoms with Gasteiger partial charge in [-0.1, -0.05) is 110 Å². The molecule has 5 aromatic carbocycles. The van der Waals surface area contributed by atoms with E-state index in [0.717, 1.165) is 53.1 Å². The summed E-state index contributed by atoms with van der Waals surface area (Å²) < 4.78 is 0. The number of carbonyl (C=O) groups is 2. The van der Waals surface area contributed by atoms with Crippen LogP contribution < -0.4 is 0 Å². The Hall–Kier alpha value is -4.76. The fourth-order valence-electron chi connectivity index (χ4n) is 7.17. The summed E-state index contributed by atoms with van der Waals surface area (Å²) in [6, 6.07) is 35.6. The molecule has 0 N–H and O–H groups in total. The number of hydrogen-bond acceptors (Lipinski definition) is 2. The first-order valence-corrected chi connectivity index (χ1v) is 14.6. The Labute approximate surface area is 239 Å². The van der Waals surface area contributed by atoms with Crippen LogP contribution in [0.3, 0.4) is 0 Å². The fourth-order valence-corrected chi connectivity index (χ4v) is 7.17. The van der Waals surface area contributed by atoms with E-state index in [1.165, 1.54) is 34.2 Å². The lowest BCUT2D eigenvalue weighted by Crippen LogP contribution is -2.47. The zero-order valence-corrected chi connectivity index (χ0v) is 22.8. The van der Waals surface area contributed by atoms with Crippen molar-refractivity contribution in [2.45, 2.75) is 38.1 Å². The third kappa shape index (κ3) is 3.72. The van der Waals surface area contributed by atoms with Gasteiger partial charge in [0.05, 0.1) is 0 Å². The van der Waals surface area contributed by atoms with Gasteiger partial charge >= 0.3 is 0 Å². The zero-order chi connectivity index (χ0) is 27.5. The molecule has 2 aliphatic carbocycles. The van der Waals surface area contributed by atoms with E-state index in [9.17, 15) is 9.59 Å². The molecule has 3 heteroatoms. The van der Waals surface area contributed by atoms with E-state index in [-0.39, 0.29) is 17.9 Å². The van der Waals surface area contributed by atoms with Crippen LogP contribution >= 0.6 is 0 Å². The smallest absolute Gasteiger partial charge is 0.261 e. The second-order valence-corrected chi connectivity index (χ2v) is 11.4. The van der Waals surface area contributed by atoms with Gasteiger partial charge in [0.15, 0.2) is 0 Å². The summed E-state index contributed by atoms with van der Waals surface area (Å²) in [5.74, 6) is -0.285. The average molecular weight is 532 g/mol. The monoisotopic (exact) mass is 531 g/mol. The van der Waals surface area contributed by atoms with Crippen molar-refractivity contribution in [1.29, 1.82) is 0 Å². The van der Waals surface area contributed by atoms with Crippen molar-refractivity contribution < 1.29 is 9.59 Å². The molecular weight excluding hydrogens is 502 g/mol. The molecule has 5 aromatic rings. The van der Waals surface area contributed by atoms with Crippen LogP contribution in [0.1, 0.15) is 69.5 Å². The van der Waals surface area contributed by atoms with E-state index < -0.39 is 0 Å². The Bertz CT molecular complexity index is 1840. The van der Waals surface area contributed by atoms with Crippen LogP contribution in [0.4, 0.5) is 0 Å². The highest BCUT2D eigenvalue weighted by Gasteiger charge is 2.38. The maximum atomic E-state index is 13.6. The van der Waals surface area contributed by atoms with Gasteiger partial charge in [0.2, 0.25) is 0 Å². The second kappa shape index (κ2) is 9.42. The first kappa shape index (κ1) is 24.1. The quantitative estimate of drug-likeness (QED) is 0.214. The Balaban J connectivity index is 1.18. The first-order chi connectivity index (χ1) is 20.2. The lowest BCUT2D eigenvalue weighted by molar-refractivity contribution is 0.0503. The number of amides is 2. The third-order valence-corrected chi connectivity index (χ3v) is 9.14. The lowest BCUT2D eigenvalue weighted by Gasteiger charge is -2.36. The molecule has 198 valence electrons. The molecule has 0 unspecified atom stereocenters. The molecule has 3 aliphatic rings. The second-order valence-electron chi connectivity index (χ2n) is 11.4. The summed E-state index contributed by atoms with van der Waals surface area (Å²) in [6.07, 6.45) is 7.40. The van der Waals surface area contributed by atoms with Crippen molar-refractivity contribution in [2.24, 2.45) is 0 Å². The highest BCUT2D eigenvalue weighted by Crippen LogP contribution is 2.45. The van der Waals surface area contributed by atoms with Crippen LogP contribution in [0.25, 0.3) is 44.7 Å². The van der Waals surface area contributed by atoms with E-state index in [1.807, 2.05) is 30.3 Å². The molecule has 0 aromatic heterocycles. The molecule has 0 spiro atoms. The van der Waals surface area contributed by atoms with E-state index in [0.29, 0.717) is 11.1 Å². The summed E-state index contributed by atoms with van der Waals surface area (Å²) in [4.78, 5) is 28.8. The minimum atomic E-state index is -0.142. The van der Waals surface area contributed by atoms with Gasteiger partial charge in [-0.15, -0.1) is 0 Å². The fraction of sp³-hybridized carbons (Fsp3) is 0.158. The van der Waals surface area contributed by atoms with Gasteiger partial charge in [-0.2, -0.15) is 0 Å². The minimum absolute atomic E-state index is 0.00675. The van der Waals surface area contributed by atoms with Crippen molar-refractivity contribution >= 4 is 34.2 Å². The molecule has 1 saturated carbocycles. The molecule has 41 heavy (non-hydrogen) atoms.